The zero-order valence-electron chi connectivity index (χ0n) is 16.4. The number of fused-ring (bicyclic) bond motifs is 2. The molecule has 1 saturated carbocycles. The van der Waals surface area contributed by atoms with Gasteiger partial charge >= 0.3 is 5.97 Å². The highest BCUT2D eigenvalue weighted by Crippen LogP contribution is 2.49. The van der Waals surface area contributed by atoms with E-state index in [1.165, 1.54) is 5.57 Å². The molecule has 2 aliphatic rings. The molecule has 2 aliphatic carbocycles. The molecule has 5 nitrogen and oxygen atoms in total. The number of rotatable bonds is 11. The average Bonchev–Trinajstić information content (AvgIpc) is 3.25. The first-order valence-corrected chi connectivity index (χ1v) is 12.6. The molecule has 2 N–H and O–H groups in total. The van der Waals surface area contributed by atoms with Gasteiger partial charge in [0.1, 0.15) is 0 Å². The fraction of sp³-hybridized carbons (Fsp3) is 0.500. The fourth-order valence-electron chi connectivity index (χ4n) is 4.33. The second-order valence-electron chi connectivity index (χ2n) is 7.91. The number of hydrogen-bond donors (Lipinski definition) is 2. The third-order valence-electron chi connectivity index (χ3n) is 5.76. The van der Waals surface area contributed by atoms with Crippen molar-refractivity contribution in [3.63, 3.8) is 0 Å². The molecule has 7 heteroatoms. The monoisotopic (exact) mass is 481 g/mol. The minimum absolute atomic E-state index is 0.0721. The largest absolute Gasteiger partial charge is 0.481 e. The molecule has 158 valence electrons. The number of halogens is 1. The van der Waals surface area contributed by atoms with Crippen molar-refractivity contribution in [3.05, 3.63) is 57.7 Å². The van der Waals surface area contributed by atoms with Crippen LogP contribution in [0.3, 0.4) is 0 Å². The predicted molar refractivity (Wildman–Crippen MR) is 118 cm³/mol. The van der Waals surface area contributed by atoms with Gasteiger partial charge in [0, 0.05) is 22.5 Å². The summed E-state index contributed by atoms with van der Waals surface area (Å²) in [5.74, 6) is 0.110. The summed E-state index contributed by atoms with van der Waals surface area (Å²) < 4.78 is 29.3. The molecule has 1 fully saturated rings. The van der Waals surface area contributed by atoms with Crippen LogP contribution < -0.4 is 4.72 Å². The highest BCUT2D eigenvalue weighted by atomic mass is 79.9. The van der Waals surface area contributed by atoms with Gasteiger partial charge in [0.15, 0.2) is 0 Å². The number of sulfonamides is 1. The minimum Gasteiger partial charge on any atom is -0.481 e. The molecule has 0 heterocycles. The summed E-state index contributed by atoms with van der Waals surface area (Å²) >= 11 is 3.42. The van der Waals surface area contributed by atoms with Crippen LogP contribution in [-0.2, 0) is 21.2 Å². The van der Waals surface area contributed by atoms with E-state index in [1.807, 2.05) is 30.3 Å². The van der Waals surface area contributed by atoms with Gasteiger partial charge < -0.3 is 5.11 Å². The van der Waals surface area contributed by atoms with E-state index in [2.05, 4.69) is 26.7 Å². The number of benzene rings is 1. The summed E-state index contributed by atoms with van der Waals surface area (Å²) in [5.41, 5.74) is 3.14. The summed E-state index contributed by atoms with van der Waals surface area (Å²) in [6.07, 6.45) is 10.1. The van der Waals surface area contributed by atoms with E-state index in [1.54, 1.807) is 0 Å². The van der Waals surface area contributed by atoms with Crippen molar-refractivity contribution in [1.29, 1.82) is 0 Å². The van der Waals surface area contributed by atoms with Crippen molar-refractivity contribution in [2.24, 2.45) is 11.8 Å². The van der Waals surface area contributed by atoms with Crippen LogP contribution in [0.4, 0.5) is 0 Å². The lowest BCUT2D eigenvalue weighted by molar-refractivity contribution is -0.137. The lowest BCUT2D eigenvalue weighted by atomic mass is 9.93. The molecule has 0 radical (unpaired) electrons. The molecule has 0 amide bonds. The SMILES string of the molecule is O=C(O)CCCC=CCC1=C(NS(=O)(=O)CCc2cccc(Br)c2)C2CCC1C2. The summed E-state index contributed by atoms with van der Waals surface area (Å²) in [6.45, 7) is 0. The normalized spacial score (nSPS) is 21.3. The Morgan fingerprint density at radius 3 is 2.79 bits per heavy atom. The van der Waals surface area contributed by atoms with Crippen molar-refractivity contribution in [2.45, 2.75) is 51.4 Å². The fourth-order valence-corrected chi connectivity index (χ4v) is 6.02. The summed E-state index contributed by atoms with van der Waals surface area (Å²) in [6, 6.07) is 7.74. The van der Waals surface area contributed by atoms with Gasteiger partial charge in [0.05, 0.1) is 5.75 Å². The number of aliphatic carboxylic acids is 1. The number of carbonyl (C=O) groups is 1. The Kier molecular flexibility index (Phi) is 7.57. The maximum atomic E-state index is 12.7. The van der Waals surface area contributed by atoms with E-state index < -0.39 is 16.0 Å². The Hall–Kier alpha value is -1.60. The average molecular weight is 482 g/mol. The highest BCUT2D eigenvalue weighted by molar-refractivity contribution is 9.10. The Labute approximate surface area is 181 Å². The van der Waals surface area contributed by atoms with Crippen molar-refractivity contribution >= 4 is 31.9 Å². The van der Waals surface area contributed by atoms with Gasteiger partial charge in [-0.25, -0.2) is 8.42 Å². The smallest absolute Gasteiger partial charge is 0.303 e. The molecule has 0 saturated heterocycles. The van der Waals surface area contributed by atoms with Crippen molar-refractivity contribution < 1.29 is 18.3 Å². The molecular formula is C22H28BrNO4S. The number of carboxylic acids is 1. The molecule has 1 aromatic rings. The quantitative estimate of drug-likeness (QED) is 0.351. The summed E-state index contributed by atoms with van der Waals surface area (Å²) in [5, 5.41) is 8.69. The summed E-state index contributed by atoms with van der Waals surface area (Å²) in [7, 11) is -3.39. The topological polar surface area (TPSA) is 83.5 Å². The van der Waals surface area contributed by atoms with Crippen LogP contribution in [0.5, 0.6) is 0 Å². The van der Waals surface area contributed by atoms with Gasteiger partial charge in [-0.05, 0) is 74.1 Å². The third kappa shape index (κ3) is 6.44. The van der Waals surface area contributed by atoms with Crippen molar-refractivity contribution in [2.75, 3.05) is 5.75 Å². The Morgan fingerprint density at radius 2 is 2.03 bits per heavy atom. The number of carboxylic acid groups (broad SMARTS) is 1. The van der Waals surface area contributed by atoms with Crippen LogP contribution in [0.2, 0.25) is 0 Å². The predicted octanol–water partition coefficient (Wildman–Crippen LogP) is 4.80. The number of unbranched alkanes of at least 4 members (excludes halogenated alkanes) is 1. The van der Waals surface area contributed by atoms with E-state index in [0.29, 0.717) is 24.7 Å². The molecule has 0 aliphatic heterocycles. The van der Waals surface area contributed by atoms with E-state index in [9.17, 15) is 13.2 Å². The number of aryl methyl sites for hydroxylation is 1. The Bertz CT molecular complexity index is 907. The Balaban J connectivity index is 1.60. The van der Waals surface area contributed by atoms with E-state index >= 15 is 0 Å². The number of hydrogen-bond acceptors (Lipinski definition) is 3. The van der Waals surface area contributed by atoms with E-state index in [0.717, 1.165) is 47.8 Å². The van der Waals surface area contributed by atoms with Gasteiger partial charge in [-0.2, -0.15) is 0 Å². The first-order valence-electron chi connectivity index (χ1n) is 10.2. The van der Waals surface area contributed by atoms with Crippen LogP contribution >= 0.6 is 15.9 Å². The second-order valence-corrected chi connectivity index (χ2v) is 10.7. The van der Waals surface area contributed by atoms with Gasteiger partial charge in [0.2, 0.25) is 10.0 Å². The molecule has 3 rings (SSSR count). The number of allylic oxidation sites excluding steroid dienone is 4. The van der Waals surface area contributed by atoms with Crippen molar-refractivity contribution in [1.82, 2.24) is 4.72 Å². The second kappa shape index (κ2) is 9.94. The van der Waals surface area contributed by atoms with Crippen LogP contribution in [0.25, 0.3) is 0 Å². The molecule has 0 aromatic heterocycles. The third-order valence-corrected chi connectivity index (χ3v) is 7.53. The Morgan fingerprint density at radius 1 is 1.24 bits per heavy atom. The van der Waals surface area contributed by atoms with Crippen molar-refractivity contribution in [3.8, 4) is 0 Å². The van der Waals surface area contributed by atoms with Gasteiger partial charge in [-0.3, -0.25) is 9.52 Å². The van der Waals surface area contributed by atoms with Crippen LogP contribution in [-0.4, -0.2) is 25.2 Å². The molecule has 29 heavy (non-hydrogen) atoms. The van der Waals surface area contributed by atoms with Gasteiger partial charge in [0.25, 0.3) is 0 Å². The molecule has 1 aromatic carbocycles. The molecule has 2 atom stereocenters. The highest BCUT2D eigenvalue weighted by Gasteiger charge is 2.39. The first kappa shape index (κ1) is 22.1. The molecule has 2 bridgehead atoms. The maximum Gasteiger partial charge on any atom is 0.303 e. The van der Waals surface area contributed by atoms with Gasteiger partial charge in [-0.1, -0.05) is 40.2 Å². The first-order chi connectivity index (χ1) is 13.8. The van der Waals surface area contributed by atoms with Crippen LogP contribution in [0.1, 0.15) is 50.5 Å². The molecule has 2 unspecified atom stereocenters. The molecular weight excluding hydrogens is 454 g/mol. The molecule has 0 spiro atoms. The summed E-state index contributed by atoms with van der Waals surface area (Å²) in [4.78, 5) is 10.6. The standard InChI is InChI=1S/C22H28BrNO4S/c23-19-7-5-6-16(14-19)12-13-29(27,28)24-22-18-11-10-17(15-18)20(22)8-3-1-2-4-9-21(25)26/h1,3,5-7,14,17-18,24H,2,4,8-13,15H2,(H,25,26). The van der Waals surface area contributed by atoms with E-state index in [-0.39, 0.29) is 12.2 Å². The van der Waals surface area contributed by atoms with E-state index in [4.69, 9.17) is 5.11 Å². The number of nitrogens with one attached hydrogen (secondary N) is 1. The lowest BCUT2D eigenvalue weighted by Gasteiger charge is -2.21. The zero-order chi connectivity index (χ0) is 20.9. The lowest BCUT2D eigenvalue weighted by Crippen LogP contribution is -2.30. The zero-order valence-corrected chi connectivity index (χ0v) is 18.8. The van der Waals surface area contributed by atoms with Crippen LogP contribution in [0.15, 0.2) is 52.2 Å². The minimum atomic E-state index is -3.39. The van der Waals surface area contributed by atoms with Crippen LogP contribution in [0, 0.1) is 11.8 Å². The van der Waals surface area contributed by atoms with Gasteiger partial charge in [-0.15, -0.1) is 0 Å². The maximum absolute atomic E-state index is 12.7.